The molecule has 2 aliphatic rings. The third-order valence-corrected chi connectivity index (χ3v) is 6.54. The van der Waals surface area contributed by atoms with Crippen LogP contribution in [0.1, 0.15) is 29.2 Å². The maximum atomic E-state index is 11.9. The highest BCUT2D eigenvalue weighted by molar-refractivity contribution is 7.93. The van der Waals surface area contributed by atoms with Gasteiger partial charge in [-0.25, -0.2) is 4.21 Å². The quantitative estimate of drug-likeness (QED) is 0.611. The molecule has 0 saturated heterocycles. The maximum Gasteiger partial charge on any atom is 0.257 e. The summed E-state index contributed by atoms with van der Waals surface area (Å²) in [6, 6.07) is 15.0. The second-order valence-corrected chi connectivity index (χ2v) is 8.58. The van der Waals surface area contributed by atoms with Gasteiger partial charge in [-0.05, 0) is 42.2 Å². The lowest BCUT2D eigenvalue weighted by Crippen LogP contribution is -2.16. The maximum absolute atomic E-state index is 11.9. The van der Waals surface area contributed by atoms with Crippen LogP contribution in [-0.4, -0.2) is 22.2 Å². The van der Waals surface area contributed by atoms with Gasteiger partial charge in [-0.2, -0.15) is 0 Å². The Morgan fingerprint density at radius 1 is 1.06 bits per heavy atom. The first-order chi connectivity index (χ1) is 15.6. The molecule has 1 N–H and O–H groups in total. The average molecular weight is 449 g/mol. The van der Waals surface area contributed by atoms with Crippen LogP contribution in [0.3, 0.4) is 0 Å². The van der Waals surface area contributed by atoms with Crippen molar-refractivity contribution in [2.24, 2.45) is 0 Å². The summed E-state index contributed by atoms with van der Waals surface area (Å²) in [5, 5.41) is 0. The largest absolute Gasteiger partial charge is 0.495 e. The van der Waals surface area contributed by atoms with E-state index in [2.05, 4.69) is 15.8 Å². The van der Waals surface area contributed by atoms with Crippen molar-refractivity contribution in [3.05, 3.63) is 83.7 Å². The summed E-state index contributed by atoms with van der Waals surface area (Å²) in [6.07, 6.45) is 6.23. The van der Waals surface area contributed by atoms with Crippen LogP contribution in [0.2, 0.25) is 0 Å². The van der Waals surface area contributed by atoms with Crippen LogP contribution in [0, 0.1) is 0 Å². The number of hydrogen-bond acceptors (Lipinski definition) is 6. The summed E-state index contributed by atoms with van der Waals surface area (Å²) in [7, 11) is 0.0839. The number of hydrogen-bond donors (Lipinski definition) is 1. The normalized spacial score (nSPS) is 19.2. The highest BCUT2D eigenvalue weighted by atomic mass is 32.2. The number of fused-ring (bicyclic) bond motifs is 1. The van der Waals surface area contributed by atoms with Gasteiger partial charge in [-0.1, -0.05) is 24.3 Å². The Kier molecular flexibility index (Phi) is 5.36. The van der Waals surface area contributed by atoms with E-state index in [4.69, 9.17) is 14.2 Å². The zero-order valence-corrected chi connectivity index (χ0v) is 18.1. The molecule has 8 heteroatoms. The van der Waals surface area contributed by atoms with Crippen LogP contribution >= 0.6 is 0 Å². The molecule has 32 heavy (non-hydrogen) atoms. The number of rotatable bonds is 6. The number of carbonyl (C=O) groups is 1. The van der Waals surface area contributed by atoms with Crippen molar-refractivity contribution in [3.8, 4) is 23.0 Å². The molecular weight excluding hydrogens is 428 g/mol. The number of nitrogens with one attached hydrogen (secondary N) is 1. The third kappa shape index (κ3) is 3.97. The minimum Gasteiger partial charge on any atom is -0.495 e. The number of methoxy groups -OCH3 is 1. The predicted molar refractivity (Wildman–Crippen MR) is 120 cm³/mol. The molecule has 0 saturated carbocycles. The van der Waals surface area contributed by atoms with E-state index in [1.54, 1.807) is 25.6 Å². The molecule has 2 aromatic carbocycles. The molecule has 1 amide bonds. The number of carbonyl (C=O) groups excluding carboxylic acids is 1. The van der Waals surface area contributed by atoms with E-state index in [0.717, 1.165) is 35.3 Å². The van der Waals surface area contributed by atoms with Gasteiger partial charge >= 0.3 is 0 Å². The molecular formula is C24H20N2O5S. The van der Waals surface area contributed by atoms with Gasteiger partial charge < -0.3 is 14.2 Å². The average Bonchev–Trinajstić information content (AvgIpc) is 3.37. The smallest absolute Gasteiger partial charge is 0.257 e. The summed E-state index contributed by atoms with van der Waals surface area (Å²) in [5.74, 6) is 2.40. The van der Waals surface area contributed by atoms with Crippen molar-refractivity contribution in [1.29, 1.82) is 0 Å². The number of pyridine rings is 1. The van der Waals surface area contributed by atoms with Crippen LogP contribution < -0.4 is 18.9 Å². The number of nitrogens with zero attached hydrogens (tertiary/aromatic N) is 1. The van der Waals surface area contributed by atoms with E-state index in [9.17, 15) is 9.00 Å². The van der Waals surface area contributed by atoms with E-state index in [1.807, 2.05) is 36.4 Å². The van der Waals surface area contributed by atoms with Gasteiger partial charge in [0.2, 0.25) is 0 Å². The van der Waals surface area contributed by atoms with Crippen molar-refractivity contribution < 1.29 is 23.2 Å². The van der Waals surface area contributed by atoms with Crippen LogP contribution in [0.25, 0.3) is 4.91 Å². The topological polar surface area (TPSA) is 86.8 Å². The summed E-state index contributed by atoms with van der Waals surface area (Å²) in [5.41, 5.74) is 2.94. The Hall–Kier alpha value is -3.65. The van der Waals surface area contributed by atoms with Crippen LogP contribution in [0.4, 0.5) is 0 Å². The standard InChI is InChI=1S/C24H20N2O5S/c1-29-17-11-18(14-25-13-17)31-21-4-2-3-19-20(21)9-10-22(19)30-16-7-5-15(6-8-16)23-12-24(27)26-32(23)28/h2-8,11-14,22H,9-10H2,1H3,(H,26,27)/t22-,32?/m1/s1. The number of aromatic nitrogens is 1. The van der Waals surface area contributed by atoms with E-state index in [-0.39, 0.29) is 12.0 Å². The van der Waals surface area contributed by atoms with Crippen molar-refractivity contribution in [1.82, 2.24) is 9.71 Å². The fourth-order valence-corrected chi connectivity index (χ4v) is 4.81. The Morgan fingerprint density at radius 2 is 1.88 bits per heavy atom. The van der Waals surface area contributed by atoms with Crippen LogP contribution in [-0.2, 0) is 22.2 Å². The minimum absolute atomic E-state index is 0.0918. The third-order valence-electron chi connectivity index (χ3n) is 5.40. The van der Waals surface area contributed by atoms with Crippen LogP contribution in [0.5, 0.6) is 23.0 Å². The van der Waals surface area contributed by atoms with Crippen molar-refractivity contribution >= 4 is 21.8 Å². The first-order valence-corrected chi connectivity index (χ1v) is 11.3. The highest BCUT2D eigenvalue weighted by Crippen LogP contribution is 2.41. The van der Waals surface area contributed by atoms with Gasteiger partial charge in [0.25, 0.3) is 5.91 Å². The molecule has 2 atom stereocenters. The Morgan fingerprint density at radius 3 is 2.62 bits per heavy atom. The van der Waals surface area contributed by atoms with Gasteiger partial charge in [0, 0.05) is 17.7 Å². The molecule has 1 aromatic heterocycles. The fraction of sp³-hybridized carbons (Fsp3) is 0.167. The molecule has 1 aliphatic carbocycles. The molecule has 162 valence electrons. The van der Waals surface area contributed by atoms with E-state index < -0.39 is 11.0 Å². The monoisotopic (exact) mass is 448 g/mol. The second-order valence-electron chi connectivity index (χ2n) is 7.40. The van der Waals surface area contributed by atoms with Gasteiger partial charge in [-0.3, -0.25) is 14.5 Å². The highest BCUT2D eigenvalue weighted by Gasteiger charge is 2.27. The van der Waals surface area contributed by atoms with Gasteiger partial charge in [0.05, 0.1) is 24.4 Å². The minimum atomic E-state index is -1.51. The lowest BCUT2D eigenvalue weighted by Gasteiger charge is -2.16. The zero-order valence-electron chi connectivity index (χ0n) is 17.2. The molecule has 0 bridgehead atoms. The molecule has 0 spiro atoms. The summed E-state index contributed by atoms with van der Waals surface area (Å²) in [4.78, 5) is 16.0. The van der Waals surface area contributed by atoms with E-state index >= 15 is 0 Å². The summed E-state index contributed by atoms with van der Waals surface area (Å²) < 4.78 is 31.9. The van der Waals surface area contributed by atoms with E-state index in [1.165, 1.54) is 6.08 Å². The molecule has 5 rings (SSSR count). The molecule has 3 aromatic rings. The van der Waals surface area contributed by atoms with E-state index in [0.29, 0.717) is 22.2 Å². The Labute approximate surface area is 187 Å². The first-order valence-electron chi connectivity index (χ1n) is 10.1. The van der Waals surface area contributed by atoms with Gasteiger partial charge in [-0.15, -0.1) is 0 Å². The Bertz CT molecular complexity index is 1240. The summed E-state index contributed by atoms with van der Waals surface area (Å²) in [6.45, 7) is 0. The predicted octanol–water partition coefficient (Wildman–Crippen LogP) is 4.08. The molecule has 0 fully saturated rings. The van der Waals surface area contributed by atoms with Crippen LogP contribution in [0.15, 0.2) is 67.0 Å². The number of amides is 1. The zero-order chi connectivity index (χ0) is 22.1. The Balaban J connectivity index is 1.33. The molecule has 7 nitrogen and oxygen atoms in total. The van der Waals surface area contributed by atoms with Crippen molar-refractivity contribution in [2.45, 2.75) is 18.9 Å². The molecule has 1 aliphatic heterocycles. The second kappa shape index (κ2) is 8.47. The molecule has 2 heterocycles. The van der Waals surface area contributed by atoms with Gasteiger partial charge in [0.1, 0.15) is 29.1 Å². The summed E-state index contributed by atoms with van der Waals surface area (Å²) >= 11 is 0. The number of ether oxygens (including phenoxy) is 3. The lowest BCUT2D eigenvalue weighted by atomic mass is 10.1. The molecule has 0 radical (unpaired) electrons. The van der Waals surface area contributed by atoms with Gasteiger partial charge in [0.15, 0.2) is 11.0 Å². The van der Waals surface area contributed by atoms with Crippen molar-refractivity contribution in [2.75, 3.05) is 7.11 Å². The van der Waals surface area contributed by atoms with Crippen molar-refractivity contribution in [3.63, 3.8) is 0 Å². The number of benzene rings is 2. The fourth-order valence-electron chi connectivity index (χ4n) is 3.89. The first kappa shape index (κ1) is 20.3. The molecule has 1 unspecified atom stereocenters. The lowest BCUT2D eigenvalue weighted by molar-refractivity contribution is -0.114. The SMILES string of the molecule is COc1cncc(Oc2cccc3c2CC[C@H]3Oc2ccc(C3=CC(=O)NS3=O)cc2)c1.